The average molecular weight is 301 g/mol. The highest BCUT2D eigenvalue weighted by molar-refractivity contribution is 7.89. The van der Waals surface area contributed by atoms with Gasteiger partial charge in [0.15, 0.2) is 0 Å². The molecule has 0 radical (unpaired) electrons. The summed E-state index contributed by atoms with van der Waals surface area (Å²) in [5.41, 5.74) is 0. The molecule has 6 heteroatoms. The highest BCUT2D eigenvalue weighted by atomic mass is 32.2. The largest absolute Gasteiger partial charge is 0.393 e. The van der Waals surface area contributed by atoms with Crippen LogP contribution < -0.4 is 0 Å². The molecule has 1 saturated heterocycles. The summed E-state index contributed by atoms with van der Waals surface area (Å²) in [4.78, 5) is 2.33. The zero-order chi connectivity index (χ0) is 13.8. The number of aliphatic hydroxyl groups excluding tert-OH is 1. The first kappa shape index (κ1) is 13.5. The van der Waals surface area contributed by atoms with Crippen molar-refractivity contribution >= 4 is 21.4 Å². The molecular weight excluding hydrogens is 282 g/mol. The molecule has 2 aliphatic rings. The van der Waals surface area contributed by atoms with Crippen molar-refractivity contribution in [2.75, 3.05) is 13.1 Å². The number of aliphatic hydroxyl groups is 1. The third kappa shape index (κ3) is 2.14. The Hall–Kier alpha value is -0.430. The first-order chi connectivity index (χ1) is 8.89. The van der Waals surface area contributed by atoms with Gasteiger partial charge in [-0.2, -0.15) is 4.31 Å². The second-order valence-corrected chi connectivity index (χ2v) is 9.03. The highest BCUT2D eigenvalue weighted by Crippen LogP contribution is 2.40. The Labute approximate surface area is 118 Å². The van der Waals surface area contributed by atoms with Crippen LogP contribution in [0.15, 0.2) is 11.0 Å². The molecule has 0 amide bonds. The zero-order valence-electron chi connectivity index (χ0n) is 11.2. The van der Waals surface area contributed by atoms with Gasteiger partial charge in [-0.3, -0.25) is 0 Å². The minimum atomic E-state index is -3.38. The van der Waals surface area contributed by atoms with Crippen LogP contribution in [0.25, 0.3) is 0 Å². The first-order valence-corrected chi connectivity index (χ1v) is 8.90. The van der Waals surface area contributed by atoms with E-state index in [4.69, 9.17) is 0 Å². The van der Waals surface area contributed by atoms with Crippen LogP contribution in [-0.4, -0.2) is 37.0 Å². The van der Waals surface area contributed by atoms with E-state index >= 15 is 0 Å². The van der Waals surface area contributed by atoms with Gasteiger partial charge in [-0.05, 0) is 38.7 Å². The Bertz CT molecular complexity index is 593. The predicted octanol–water partition coefficient (Wildman–Crippen LogP) is 1.76. The molecule has 2 heterocycles. The molecule has 106 valence electrons. The summed E-state index contributed by atoms with van der Waals surface area (Å²) < 4.78 is 26.9. The average Bonchev–Trinajstić information content (AvgIpc) is 2.96. The summed E-state index contributed by atoms with van der Waals surface area (Å²) in [6, 6.07) is 1.76. The molecule has 3 rings (SSSR count). The lowest BCUT2D eigenvalue weighted by Gasteiger charge is -2.18. The number of nitrogens with zero attached hydrogens (tertiary/aromatic N) is 1. The number of hydrogen-bond donors (Lipinski definition) is 1. The summed E-state index contributed by atoms with van der Waals surface area (Å²) in [6.07, 6.45) is 1.44. The molecule has 4 nitrogen and oxygen atoms in total. The van der Waals surface area contributed by atoms with Crippen LogP contribution in [-0.2, 0) is 10.0 Å². The van der Waals surface area contributed by atoms with Crippen molar-refractivity contribution in [3.05, 3.63) is 15.8 Å². The van der Waals surface area contributed by atoms with Gasteiger partial charge in [0.1, 0.15) is 0 Å². The molecule has 1 aromatic rings. The first-order valence-electron chi connectivity index (χ1n) is 6.65. The second kappa shape index (κ2) is 4.55. The second-order valence-electron chi connectivity index (χ2n) is 5.67. The van der Waals surface area contributed by atoms with Crippen molar-refractivity contribution in [3.63, 3.8) is 0 Å². The maximum atomic E-state index is 12.7. The van der Waals surface area contributed by atoms with Gasteiger partial charge in [0.2, 0.25) is 10.0 Å². The molecular formula is C13H19NO3S2. The minimum Gasteiger partial charge on any atom is -0.393 e. The van der Waals surface area contributed by atoms with Crippen LogP contribution in [0.1, 0.15) is 22.6 Å². The molecule has 0 aromatic carbocycles. The SMILES string of the molecule is Cc1cc(S(=O)(=O)N2CC3CCC(O)C3C2)c(C)s1. The Morgan fingerprint density at radius 1 is 1.32 bits per heavy atom. The molecule has 3 atom stereocenters. The van der Waals surface area contributed by atoms with Crippen LogP contribution in [0, 0.1) is 25.7 Å². The minimum absolute atomic E-state index is 0.134. The third-order valence-corrected chi connectivity index (χ3v) is 7.45. The van der Waals surface area contributed by atoms with Crippen LogP contribution >= 0.6 is 11.3 Å². The fourth-order valence-corrected chi connectivity index (χ4v) is 6.45. The van der Waals surface area contributed by atoms with Gasteiger partial charge >= 0.3 is 0 Å². The van der Waals surface area contributed by atoms with Crippen LogP contribution in [0.4, 0.5) is 0 Å². The number of aryl methyl sites for hydroxylation is 2. The molecule has 3 unspecified atom stereocenters. The maximum absolute atomic E-state index is 12.7. The van der Waals surface area contributed by atoms with E-state index in [2.05, 4.69) is 0 Å². The van der Waals surface area contributed by atoms with Crippen molar-refractivity contribution in [2.45, 2.75) is 37.7 Å². The normalized spacial score (nSPS) is 31.8. The molecule has 1 N–H and O–H groups in total. The van der Waals surface area contributed by atoms with Gasteiger partial charge in [0.25, 0.3) is 0 Å². The van der Waals surface area contributed by atoms with Gasteiger partial charge in [-0.25, -0.2) is 8.42 Å². The standard InChI is InChI=1S/C13H19NO3S2/c1-8-5-13(9(2)18-8)19(16,17)14-6-10-3-4-12(15)11(10)7-14/h5,10-12,15H,3-4,6-7H2,1-2H3. The number of thiophene rings is 1. The van der Waals surface area contributed by atoms with Crippen LogP contribution in [0.3, 0.4) is 0 Å². The smallest absolute Gasteiger partial charge is 0.244 e. The number of rotatable bonds is 2. The van der Waals surface area contributed by atoms with Crippen molar-refractivity contribution in [1.29, 1.82) is 0 Å². The van der Waals surface area contributed by atoms with E-state index in [1.165, 1.54) is 11.3 Å². The quantitative estimate of drug-likeness (QED) is 0.905. The van der Waals surface area contributed by atoms with Gasteiger partial charge in [0, 0.05) is 28.8 Å². The molecule has 0 spiro atoms. The topological polar surface area (TPSA) is 57.6 Å². The zero-order valence-corrected chi connectivity index (χ0v) is 12.8. The van der Waals surface area contributed by atoms with E-state index in [9.17, 15) is 13.5 Å². The number of hydrogen-bond acceptors (Lipinski definition) is 4. The number of fused-ring (bicyclic) bond motifs is 1. The maximum Gasteiger partial charge on any atom is 0.244 e. The van der Waals surface area contributed by atoms with E-state index < -0.39 is 10.0 Å². The summed E-state index contributed by atoms with van der Waals surface area (Å²) in [6.45, 7) is 4.83. The van der Waals surface area contributed by atoms with Gasteiger partial charge in [-0.15, -0.1) is 11.3 Å². The molecule has 19 heavy (non-hydrogen) atoms. The lowest BCUT2D eigenvalue weighted by atomic mass is 10.00. The fourth-order valence-electron chi connectivity index (χ4n) is 3.39. The molecule has 1 aliphatic carbocycles. The number of sulfonamides is 1. The molecule has 1 aromatic heterocycles. The fraction of sp³-hybridized carbons (Fsp3) is 0.692. The summed E-state index contributed by atoms with van der Waals surface area (Å²) in [5.74, 6) is 0.472. The van der Waals surface area contributed by atoms with E-state index in [0.29, 0.717) is 23.9 Å². The van der Waals surface area contributed by atoms with E-state index in [1.807, 2.05) is 13.8 Å². The van der Waals surface area contributed by atoms with Gasteiger partial charge < -0.3 is 5.11 Å². The third-order valence-electron chi connectivity index (χ3n) is 4.40. The van der Waals surface area contributed by atoms with Crippen LogP contribution in [0.2, 0.25) is 0 Å². The summed E-state index contributed by atoms with van der Waals surface area (Å²) in [7, 11) is -3.38. The molecule has 0 bridgehead atoms. The van der Waals surface area contributed by atoms with Crippen molar-refractivity contribution < 1.29 is 13.5 Å². The lowest BCUT2D eigenvalue weighted by Crippen LogP contribution is -2.31. The molecule has 2 fully saturated rings. The van der Waals surface area contributed by atoms with E-state index in [0.717, 1.165) is 22.6 Å². The van der Waals surface area contributed by atoms with Crippen molar-refractivity contribution in [1.82, 2.24) is 4.31 Å². The van der Waals surface area contributed by atoms with Gasteiger partial charge in [-0.1, -0.05) is 0 Å². The monoisotopic (exact) mass is 301 g/mol. The highest BCUT2D eigenvalue weighted by Gasteiger charge is 2.46. The van der Waals surface area contributed by atoms with Crippen molar-refractivity contribution in [3.8, 4) is 0 Å². The molecule has 1 saturated carbocycles. The molecule has 1 aliphatic heterocycles. The van der Waals surface area contributed by atoms with Crippen LogP contribution in [0.5, 0.6) is 0 Å². The van der Waals surface area contributed by atoms with Gasteiger partial charge in [0.05, 0.1) is 11.0 Å². The Balaban J connectivity index is 1.89. The lowest BCUT2D eigenvalue weighted by molar-refractivity contribution is 0.129. The summed E-state index contributed by atoms with van der Waals surface area (Å²) in [5, 5.41) is 9.89. The Kier molecular flexibility index (Phi) is 3.24. The summed E-state index contributed by atoms with van der Waals surface area (Å²) >= 11 is 1.52. The Morgan fingerprint density at radius 3 is 2.63 bits per heavy atom. The van der Waals surface area contributed by atoms with Crippen molar-refractivity contribution in [2.24, 2.45) is 11.8 Å². The predicted molar refractivity (Wildman–Crippen MR) is 74.8 cm³/mol. The van der Waals surface area contributed by atoms with E-state index in [-0.39, 0.29) is 12.0 Å². The Morgan fingerprint density at radius 2 is 2.05 bits per heavy atom. The van der Waals surface area contributed by atoms with E-state index in [1.54, 1.807) is 10.4 Å².